The standard InChI is InChI=1S/C53H102O6/c1-6-9-10-11-12-13-14-15-16-17-18-23-30-35-40-45-53(56)59-50(47-58-52(55)44-39-34-29-25-24-27-32-37-42-49(5)8-3)46-57-51(54)43-38-33-28-22-20-19-21-26-31-36-41-48(4)7-2/h48-50H,6-47H2,1-5H3/t48?,49?,50-/m1/s1. The molecule has 59 heavy (non-hydrogen) atoms. The molecule has 0 aliphatic carbocycles. The first-order valence-electron chi connectivity index (χ1n) is 26.3. The highest BCUT2D eigenvalue weighted by molar-refractivity contribution is 5.71. The van der Waals surface area contributed by atoms with Crippen LogP contribution in [0.4, 0.5) is 0 Å². The maximum Gasteiger partial charge on any atom is 0.306 e. The Hall–Kier alpha value is -1.59. The van der Waals surface area contributed by atoms with E-state index in [0.29, 0.717) is 19.3 Å². The van der Waals surface area contributed by atoms with Crippen LogP contribution in [0.1, 0.15) is 291 Å². The molecule has 0 saturated carbocycles. The second-order valence-corrected chi connectivity index (χ2v) is 18.6. The van der Waals surface area contributed by atoms with Gasteiger partial charge in [-0.05, 0) is 31.1 Å². The number of carbonyl (C=O) groups excluding carboxylic acids is 3. The molecule has 0 amide bonds. The topological polar surface area (TPSA) is 78.9 Å². The molecule has 0 fully saturated rings. The number of carbonyl (C=O) groups is 3. The zero-order valence-electron chi connectivity index (χ0n) is 40.4. The Morgan fingerprint density at radius 1 is 0.339 bits per heavy atom. The van der Waals surface area contributed by atoms with Gasteiger partial charge in [-0.25, -0.2) is 0 Å². The van der Waals surface area contributed by atoms with Gasteiger partial charge in [-0.2, -0.15) is 0 Å². The number of unbranched alkanes of at least 4 members (excludes halogenated alkanes) is 30. The summed E-state index contributed by atoms with van der Waals surface area (Å²) in [7, 11) is 0. The highest BCUT2D eigenvalue weighted by Crippen LogP contribution is 2.18. The molecule has 0 aromatic rings. The lowest BCUT2D eigenvalue weighted by Gasteiger charge is -2.18. The third-order valence-electron chi connectivity index (χ3n) is 12.7. The molecule has 0 saturated heterocycles. The molecular formula is C53H102O6. The summed E-state index contributed by atoms with van der Waals surface area (Å²) in [4.78, 5) is 38.0. The van der Waals surface area contributed by atoms with E-state index in [-0.39, 0.29) is 31.1 Å². The number of hydrogen-bond acceptors (Lipinski definition) is 6. The molecule has 6 nitrogen and oxygen atoms in total. The predicted octanol–water partition coefficient (Wildman–Crippen LogP) is 16.9. The van der Waals surface area contributed by atoms with Crippen LogP contribution < -0.4 is 0 Å². The maximum absolute atomic E-state index is 12.8. The van der Waals surface area contributed by atoms with Crippen LogP contribution in [-0.4, -0.2) is 37.2 Å². The van der Waals surface area contributed by atoms with Crippen molar-refractivity contribution in [3.05, 3.63) is 0 Å². The molecule has 0 spiro atoms. The Kier molecular flexibility index (Phi) is 44.7. The van der Waals surface area contributed by atoms with Crippen LogP contribution in [0.5, 0.6) is 0 Å². The molecule has 0 bridgehead atoms. The molecule has 0 aromatic carbocycles. The van der Waals surface area contributed by atoms with Crippen LogP contribution in [-0.2, 0) is 28.6 Å². The smallest absolute Gasteiger partial charge is 0.306 e. The first-order chi connectivity index (χ1) is 28.8. The summed E-state index contributed by atoms with van der Waals surface area (Å²) in [5.74, 6) is 0.869. The fourth-order valence-electron chi connectivity index (χ4n) is 7.93. The summed E-state index contributed by atoms with van der Waals surface area (Å²) in [6.07, 6.45) is 46.4. The van der Waals surface area contributed by atoms with Gasteiger partial charge in [0.1, 0.15) is 13.2 Å². The van der Waals surface area contributed by atoms with Crippen molar-refractivity contribution >= 4 is 17.9 Å². The quantitative estimate of drug-likeness (QED) is 0.0345. The normalized spacial score (nSPS) is 13.0. The summed E-state index contributed by atoms with van der Waals surface area (Å²) in [5.41, 5.74) is 0. The fourth-order valence-corrected chi connectivity index (χ4v) is 7.93. The van der Waals surface area contributed by atoms with Crippen molar-refractivity contribution in [1.29, 1.82) is 0 Å². The van der Waals surface area contributed by atoms with Crippen molar-refractivity contribution < 1.29 is 28.6 Å². The third-order valence-corrected chi connectivity index (χ3v) is 12.7. The van der Waals surface area contributed by atoms with Gasteiger partial charge >= 0.3 is 17.9 Å². The highest BCUT2D eigenvalue weighted by Gasteiger charge is 2.19. The molecule has 0 rings (SSSR count). The molecule has 0 heterocycles. The average Bonchev–Trinajstić information content (AvgIpc) is 3.23. The van der Waals surface area contributed by atoms with Gasteiger partial charge < -0.3 is 14.2 Å². The summed E-state index contributed by atoms with van der Waals surface area (Å²) >= 11 is 0. The van der Waals surface area contributed by atoms with E-state index in [1.807, 2.05) is 0 Å². The van der Waals surface area contributed by atoms with E-state index in [2.05, 4.69) is 34.6 Å². The van der Waals surface area contributed by atoms with Crippen LogP contribution in [0.2, 0.25) is 0 Å². The van der Waals surface area contributed by atoms with E-state index in [0.717, 1.165) is 69.6 Å². The van der Waals surface area contributed by atoms with Gasteiger partial charge in [0.25, 0.3) is 0 Å². The van der Waals surface area contributed by atoms with Gasteiger partial charge in [-0.1, -0.05) is 253 Å². The molecule has 0 aliphatic rings. The largest absolute Gasteiger partial charge is 0.462 e. The van der Waals surface area contributed by atoms with Gasteiger partial charge in [0.15, 0.2) is 6.10 Å². The molecule has 3 atom stereocenters. The molecule has 350 valence electrons. The lowest BCUT2D eigenvalue weighted by atomic mass is 9.99. The van der Waals surface area contributed by atoms with Gasteiger partial charge in [0.2, 0.25) is 0 Å². The Morgan fingerprint density at radius 2 is 0.593 bits per heavy atom. The van der Waals surface area contributed by atoms with E-state index in [9.17, 15) is 14.4 Å². The van der Waals surface area contributed by atoms with Crippen LogP contribution in [0.15, 0.2) is 0 Å². The van der Waals surface area contributed by atoms with Crippen molar-refractivity contribution in [3.63, 3.8) is 0 Å². The summed E-state index contributed by atoms with van der Waals surface area (Å²) in [6, 6.07) is 0. The minimum atomic E-state index is -0.762. The molecule has 0 N–H and O–H groups in total. The summed E-state index contributed by atoms with van der Waals surface area (Å²) in [5, 5.41) is 0. The van der Waals surface area contributed by atoms with E-state index in [1.54, 1.807) is 0 Å². The minimum Gasteiger partial charge on any atom is -0.462 e. The van der Waals surface area contributed by atoms with E-state index in [4.69, 9.17) is 14.2 Å². The average molecular weight is 835 g/mol. The highest BCUT2D eigenvalue weighted by atomic mass is 16.6. The Labute approximate surface area is 368 Å². The number of esters is 3. The van der Waals surface area contributed by atoms with Crippen molar-refractivity contribution in [2.45, 2.75) is 298 Å². The van der Waals surface area contributed by atoms with E-state index >= 15 is 0 Å². The Balaban J connectivity index is 4.33. The molecule has 6 heteroatoms. The molecule has 0 radical (unpaired) electrons. The predicted molar refractivity (Wildman–Crippen MR) is 252 cm³/mol. The van der Waals surface area contributed by atoms with Gasteiger partial charge in [0.05, 0.1) is 0 Å². The van der Waals surface area contributed by atoms with Gasteiger partial charge in [0, 0.05) is 19.3 Å². The monoisotopic (exact) mass is 835 g/mol. The van der Waals surface area contributed by atoms with E-state index in [1.165, 1.54) is 180 Å². The number of ether oxygens (including phenoxy) is 3. The van der Waals surface area contributed by atoms with Crippen molar-refractivity contribution in [3.8, 4) is 0 Å². The number of hydrogen-bond donors (Lipinski definition) is 0. The third kappa shape index (κ3) is 44.3. The first kappa shape index (κ1) is 57.4. The lowest BCUT2D eigenvalue weighted by Crippen LogP contribution is -2.30. The van der Waals surface area contributed by atoms with Crippen LogP contribution >= 0.6 is 0 Å². The minimum absolute atomic E-state index is 0.0641. The van der Waals surface area contributed by atoms with Crippen LogP contribution in [0.3, 0.4) is 0 Å². The zero-order chi connectivity index (χ0) is 43.3. The lowest BCUT2D eigenvalue weighted by molar-refractivity contribution is -0.167. The van der Waals surface area contributed by atoms with Gasteiger partial charge in [-0.3, -0.25) is 14.4 Å². The molecule has 0 aromatic heterocycles. The second kappa shape index (κ2) is 45.9. The summed E-state index contributed by atoms with van der Waals surface area (Å²) in [6.45, 7) is 11.4. The molecular weight excluding hydrogens is 733 g/mol. The Morgan fingerprint density at radius 3 is 0.881 bits per heavy atom. The number of rotatable bonds is 47. The van der Waals surface area contributed by atoms with Crippen LogP contribution in [0.25, 0.3) is 0 Å². The summed E-state index contributed by atoms with van der Waals surface area (Å²) < 4.78 is 16.8. The molecule has 2 unspecified atom stereocenters. The van der Waals surface area contributed by atoms with Crippen LogP contribution in [0, 0.1) is 11.8 Å². The maximum atomic E-state index is 12.8. The molecule has 0 aliphatic heterocycles. The van der Waals surface area contributed by atoms with Crippen molar-refractivity contribution in [2.24, 2.45) is 11.8 Å². The SMILES string of the molecule is CCCCCCCCCCCCCCCCCC(=O)O[C@H](COC(=O)CCCCCCCCCCCCC(C)CC)COC(=O)CCCCCCCCCCC(C)CC. The van der Waals surface area contributed by atoms with Gasteiger partial charge in [-0.15, -0.1) is 0 Å². The second-order valence-electron chi connectivity index (χ2n) is 18.6. The fraction of sp³-hybridized carbons (Fsp3) is 0.943. The zero-order valence-corrected chi connectivity index (χ0v) is 40.4. The van der Waals surface area contributed by atoms with E-state index < -0.39 is 6.10 Å². The Bertz CT molecular complexity index is 904. The first-order valence-corrected chi connectivity index (χ1v) is 26.3. The van der Waals surface area contributed by atoms with Crippen molar-refractivity contribution in [1.82, 2.24) is 0 Å². The van der Waals surface area contributed by atoms with Crippen molar-refractivity contribution in [2.75, 3.05) is 13.2 Å².